The molecule has 13 heavy (non-hydrogen) atoms. The van der Waals surface area contributed by atoms with Crippen LogP contribution in [-0.4, -0.2) is 13.1 Å². The zero-order valence-electron chi connectivity index (χ0n) is 7.62. The second kappa shape index (κ2) is 4.80. The van der Waals surface area contributed by atoms with E-state index >= 15 is 0 Å². The highest BCUT2D eigenvalue weighted by atomic mass is 35.5. The predicted octanol–water partition coefficient (Wildman–Crippen LogP) is 2.72. The van der Waals surface area contributed by atoms with Crippen molar-refractivity contribution >= 4 is 29.8 Å². The van der Waals surface area contributed by atoms with Gasteiger partial charge < -0.3 is 5.32 Å². The normalized spacial score (nSPS) is 20.2. The molecule has 1 aliphatic carbocycles. The van der Waals surface area contributed by atoms with E-state index in [9.17, 15) is 0 Å². The second-order valence-electron chi connectivity index (χ2n) is 3.18. The SMILES string of the molecule is CNC1CC=Cc2cscc2C1.Cl. The topological polar surface area (TPSA) is 12.0 Å². The van der Waals surface area contributed by atoms with Crippen molar-refractivity contribution in [2.24, 2.45) is 0 Å². The average Bonchev–Trinajstić information content (AvgIpc) is 2.43. The largest absolute Gasteiger partial charge is 0.316 e. The molecule has 1 aromatic rings. The third-order valence-corrected chi connectivity index (χ3v) is 3.18. The minimum Gasteiger partial charge on any atom is -0.316 e. The number of nitrogens with one attached hydrogen (secondary N) is 1. The van der Waals surface area contributed by atoms with E-state index in [1.54, 1.807) is 11.3 Å². The first-order valence-corrected chi connectivity index (χ1v) is 5.23. The van der Waals surface area contributed by atoms with Gasteiger partial charge in [-0.1, -0.05) is 12.2 Å². The van der Waals surface area contributed by atoms with Crippen LogP contribution in [0.15, 0.2) is 16.8 Å². The third-order valence-electron chi connectivity index (χ3n) is 2.37. The van der Waals surface area contributed by atoms with E-state index in [2.05, 4.69) is 28.2 Å². The molecule has 3 heteroatoms. The zero-order chi connectivity index (χ0) is 8.39. The Bertz CT molecular complexity index is 293. The summed E-state index contributed by atoms with van der Waals surface area (Å²) in [5.74, 6) is 0. The number of hydrogen-bond acceptors (Lipinski definition) is 2. The molecule has 0 spiro atoms. The monoisotopic (exact) mass is 215 g/mol. The van der Waals surface area contributed by atoms with E-state index in [0.29, 0.717) is 6.04 Å². The maximum Gasteiger partial charge on any atom is 0.0140 e. The van der Waals surface area contributed by atoms with Crippen molar-refractivity contribution in [3.8, 4) is 0 Å². The molecule has 1 aliphatic rings. The van der Waals surface area contributed by atoms with Gasteiger partial charge in [-0.05, 0) is 41.8 Å². The molecule has 1 heterocycles. The number of hydrogen-bond donors (Lipinski definition) is 1. The lowest BCUT2D eigenvalue weighted by atomic mass is 10.1. The molecule has 2 rings (SSSR count). The first-order chi connectivity index (χ1) is 5.90. The number of halogens is 1. The van der Waals surface area contributed by atoms with Gasteiger partial charge in [0.25, 0.3) is 0 Å². The van der Waals surface area contributed by atoms with Gasteiger partial charge in [-0.3, -0.25) is 0 Å². The van der Waals surface area contributed by atoms with Crippen LogP contribution in [0.5, 0.6) is 0 Å². The highest BCUT2D eigenvalue weighted by Gasteiger charge is 2.11. The highest BCUT2D eigenvalue weighted by Crippen LogP contribution is 2.22. The van der Waals surface area contributed by atoms with Crippen LogP contribution in [0.3, 0.4) is 0 Å². The molecule has 1 N–H and O–H groups in total. The van der Waals surface area contributed by atoms with Crippen molar-refractivity contribution in [1.82, 2.24) is 5.32 Å². The lowest BCUT2D eigenvalue weighted by Crippen LogP contribution is -2.26. The highest BCUT2D eigenvalue weighted by molar-refractivity contribution is 7.08. The van der Waals surface area contributed by atoms with Gasteiger partial charge in [-0.25, -0.2) is 0 Å². The van der Waals surface area contributed by atoms with Crippen molar-refractivity contribution in [1.29, 1.82) is 0 Å². The van der Waals surface area contributed by atoms with Crippen molar-refractivity contribution in [3.05, 3.63) is 28.0 Å². The Balaban J connectivity index is 0.000000845. The minimum atomic E-state index is 0. The fourth-order valence-corrected chi connectivity index (χ4v) is 2.41. The van der Waals surface area contributed by atoms with Crippen LogP contribution in [0, 0.1) is 0 Å². The third kappa shape index (κ3) is 2.33. The molecule has 0 fully saturated rings. The molecule has 0 radical (unpaired) electrons. The maximum atomic E-state index is 3.33. The standard InChI is InChI=1S/C10H13NS.ClH/c1-11-10-4-2-3-8-6-12-7-9(8)5-10;/h2-3,6-7,10-11H,4-5H2,1H3;1H. The van der Waals surface area contributed by atoms with E-state index in [0.717, 1.165) is 6.42 Å². The van der Waals surface area contributed by atoms with Gasteiger partial charge in [0.1, 0.15) is 0 Å². The number of thiophene rings is 1. The molecule has 1 aromatic heterocycles. The molecule has 0 amide bonds. The summed E-state index contributed by atoms with van der Waals surface area (Å²) in [6.07, 6.45) is 6.82. The Labute approximate surface area is 89.3 Å². The molecule has 1 unspecified atom stereocenters. The van der Waals surface area contributed by atoms with Crippen LogP contribution in [0.2, 0.25) is 0 Å². The Morgan fingerprint density at radius 1 is 1.46 bits per heavy atom. The summed E-state index contributed by atoms with van der Waals surface area (Å²) in [5, 5.41) is 7.81. The summed E-state index contributed by atoms with van der Waals surface area (Å²) >= 11 is 1.80. The van der Waals surface area contributed by atoms with Crippen LogP contribution in [-0.2, 0) is 6.42 Å². The molecular weight excluding hydrogens is 202 g/mol. The average molecular weight is 216 g/mol. The number of rotatable bonds is 1. The van der Waals surface area contributed by atoms with Crippen LogP contribution in [0.4, 0.5) is 0 Å². The van der Waals surface area contributed by atoms with E-state index in [1.807, 2.05) is 7.05 Å². The molecular formula is C10H14ClNS. The van der Waals surface area contributed by atoms with E-state index in [-0.39, 0.29) is 12.4 Å². The van der Waals surface area contributed by atoms with E-state index in [4.69, 9.17) is 0 Å². The molecule has 0 saturated carbocycles. The molecule has 1 nitrogen and oxygen atoms in total. The summed E-state index contributed by atoms with van der Waals surface area (Å²) < 4.78 is 0. The summed E-state index contributed by atoms with van der Waals surface area (Å²) in [6.45, 7) is 0. The quantitative estimate of drug-likeness (QED) is 0.760. The van der Waals surface area contributed by atoms with Crippen LogP contribution in [0.1, 0.15) is 17.5 Å². The van der Waals surface area contributed by atoms with Crippen molar-refractivity contribution in [3.63, 3.8) is 0 Å². The Hall–Kier alpha value is -0.310. The summed E-state index contributed by atoms with van der Waals surface area (Å²) in [4.78, 5) is 0. The van der Waals surface area contributed by atoms with Gasteiger partial charge >= 0.3 is 0 Å². The zero-order valence-corrected chi connectivity index (χ0v) is 9.25. The summed E-state index contributed by atoms with van der Waals surface area (Å²) in [5.41, 5.74) is 2.91. The lowest BCUT2D eigenvalue weighted by Gasteiger charge is -2.11. The fraction of sp³-hybridized carbons (Fsp3) is 0.400. The molecule has 0 aromatic carbocycles. The summed E-state index contributed by atoms with van der Waals surface area (Å²) in [7, 11) is 2.04. The first-order valence-electron chi connectivity index (χ1n) is 4.29. The Morgan fingerprint density at radius 2 is 2.31 bits per heavy atom. The van der Waals surface area contributed by atoms with Gasteiger partial charge in [0, 0.05) is 6.04 Å². The van der Waals surface area contributed by atoms with Crippen LogP contribution < -0.4 is 5.32 Å². The van der Waals surface area contributed by atoms with Crippen molar-refractivity contribution < 1.29 is 0 Å². The maximum absolute atomic E-state index is 3.33. The molecule has 0 bridgehead atoms. The van der Waals surface area contributed by atoms with Gasteiger partial charge in [0.05, 0.1) is 0 Å². The van der Waals surface area contributed by atoms with Crippen molar-refractivity contribution in [2.75, 3.05) is 7.05 Å². The fourth-order valence-electron chi connectivity index (χ4n) is 1.57. The van der Waals surface area contributed by atoms with Crippen LogP contribution in [0.25, 0.3) is 6.08 Å². The smallest absolute Gasteiger partial charge is 0.0140 e. The van der Waals surface area contributed by atoms with Gasteiger partial charge in [-0.2, -0.15) is 11.3 Å². The van der Waals surface area contributed by atoms with Gasteiger partial charge in [0.2, 0.25) is 0 Å². The summed E-state index contributed by atoms with van der Waals surface area (Å²) in [6, 6.07) is 0.622. The number of likely N-dealkylation sites (N-methyl/N-ethyl adjacent to an activating group) is 1. The molecule has 0 aliphatic heterocycles. The van der Waals surface area contributed by atoms with Crippen LogP contribution >= 0.6 is 23.7 Å². The Kier molecular flexibility index (Phi) is 3.97. The van der Waals surface area contributed by atoms with Gasteiger partial charge in [-0.15, -0.1) is 12.4 Å². The predicted molar refractivity (Wildman–Crippen MR) is 61.8 cm³/mol. The first kappa shape index (κ1) is 10.8. The van der Waals surface area contributed by atoms with Crippen molar-refractivity contribution in [2.45, 2.75) is 18.9 Å². The Morgan fingerprint density at radius 3 is 3.08 bits per heavy atom. The number of fused-ring (bicyclic) bond motifs is 1. The molecule has 1 atom stereocenters. The van der Waals surface area contributed by atoms with E-state index < -0.39 is 0 Å². The lowest BCUT2D eigenvalue weighted by molar-refractivity contribution is 0.570. The second-order valence-corrected chi connectivity index (χ2v) is 3.92. The van der Waals surface area contributed by atoms with Gasteiger partial charge in [0.15, 0.2) is 0 Å². The molecule has 0 saturated heterocycles. The molecule has 72 valence electrons. The minimum absolute atomic E-state index is 0. The van der Waals surface area contributed by atoms with E-state index in [1.165, 1.54) is 17.5 Å².